The Morgan fingerprint density at radius 1 is 1.40 bits per heavy atom. The maximum absolute atomic E-state index is 12.4. The summed E-state index contributed by atoms with van der Waals surface area (Å²) in [7, 11) is -1.64. The van der Waals surface area contributed by atoms with Gasteiger partial charge in [-0.05, 0) is 59.8 Å². The number of halogens is 1. The Bertz CT molecular complexity index is 586. The van der Waals surface area contributed by atoms with Crippen LogP contribution in [0.2, 0.25) is 0 Å². The van der Waals surface area contributed by atoms with E-state index in [1.165, 1.54) is 0 Å². The standard InChI is InChI=1S/C13H19BrN2O2S2/c1-15-8-10-3-4-11(14)12(7-10)20(17,18)16-9-13(19-2)5-6-13/h3-4,7,15-16H,5-6,8-9H2,1-2H3. The van der Waals surface area contributed by atoms with Gasteiger partial charge in [-0.3, -0.25) is 0 Å². The lowest BCUT2D eigenvalue weighted by atomic mass is 10.2. The molecule has 1 aromatic carbocycles. The van der Waals surface area contributed by atoms with Crippen molar-refractivity contribution in [1.82, 2.24) is 10.0 Å². The zero-order valence-corrected chi connectivity index (χ0v) is 14.8. The lowest BCUT2D eigenvalue weighted by Crippen LogP contribution is -2.32. The molecule has 2 rings (SSSR count). The van der Waals surface area contributed by atoms with Crippen LogP contribution in [0, 0.1) is 0 Å². The highest BCUT2D eigenvalue weighted by Gasteiger charge is 2.42. The van der Waals surface area contributed by atoms with Gasteiger partial charge in [0.1, 0.15) is 0 Å². The monoisotopic (exact) mass is 378 g/mol. The molecule has 4 nitrogen and oxygen atoms in total. The largest absolute Gasteiger partial charge is 0.316 e. The Morgan fingerprint density at radius 3 is 2.65 bits per heavy atom. The molecule has 0 amide bonds. The fourth-order valence-corrected chi connectivity index (χ4v) is 4.92. The van der Waals surface area contributed by atoms with Crippen LogP contribution in [0.3, 0.4) is 0 Å². The van der Waals surface area contributed by atoms with Crippen molar-refractivity contribution >= 4 is 37.7 Å². The van der Waals surface area contributed by atoms with Gasteiger partial charge in [-0.25, -0.2) is 13.1 Å². The van der Waals surface area contributed by atoms with E-state index < -0.39 is 10.0 Å². The van der Waals surface area contributed by atoms with Gasteiger partial charge >= 0.3 is 0 Å². The molecule has 0 saturated heterocycles. The van der Waals surface area contributed by atoms with Crippen LogP contribution < -0.4 is 10.0 Å². The van der Waals surface area contributed by atoms with Gasteiger partial charge in [-0.2, -0.15) is 11.8 Å². The van der Waals surface area contributed by atoms with Crippen LogP contribution in [0.4, 0.5) is 0 Å². The molecule has 0 bridgehead atoms. The van der Waals surface area contributed by atoms with E-state index in [9.17, 15) is 8.42 Å². The topological polar surface area (TPSA) is 58.2 Å². The first-order chi connectivity index (χ1) is 9.42. The maximum atomic E-state index is 12.4. The first-order valence-corrected chi connectivity index (χ1v) is 9.90. The Labute approximate surface area is 133 Å². The molecule has 0 heterocycles. The molecule has 0 atom stereocenters. The third-order valence-electron chi connectivity index (χ3n) is 3.49. The van der Waals surface area contributed by atoms with Crippen molar-refractivity contribution in [3.63, 3.8) is 0 Å². The number of benzene rings is 1. The SMILES string of the molecule is CNCc1ccc(Br)c(S(=O)(=O)NCC2(SC)CC2)c1. The summed E-state index contributed by atoms with van der Waals surface area (Å²) in [6, 6.07) is 5.40. The zero-order valence-electron chi connectivity index (χ0n) is 11.6. The second-order valence-corrected chi connectivity index (χ2v) is 8.87. The van der Waals surface area contributed by atoms with E-state index in [0.717, 1.165) is 18.4 Å². The Kier molecular flexibility index (Phi) is 5.18. The lowest BCUT2D eigenvalue weighted by Gasteiger charge is -2.15. The van der Waals surface area contributed by atoms with Gasteiger partial charge in [0.05, 0.1) is 4.90 Å². The molecule has 0 radical (unpaired) electrons. The summed E-state index contributed by atoms with van der Waals surface area (Å²) in [5.74, 6) is 0. The summed E-state index contributed by atoms with van der Waals surface area (Å²) in [5.41, 5.74) is 0.946. The van der Waals surface area contributed by atoms with Crippen molar-refractivity contribution in [2.75, 3.05) is 19.8 Å². The summed E-state index contributed by atoms with van der Waals surface area (Å²) in [6.07, 6.45) is 4.19. The van der Waals surface area contributed by atoms with E-state index in [-0.39, 0.29) is 4.75 Å². The lowest BCUT2D eigenvalue weighted by molar-refractivity contribution is 0.579. The van der Waals surface area contributed by atoms with Crippen LogP contribution in [0.1, 0.15) is 18.4 Å². The molecule has 1 aromatic rings. The summed E-state index contributed by atoms with van der Waals surface area (Å²) < 4.78 is 28.3. The number of thioether (sulfide) groups is 1. The fourth-order valence-electron chi connectivity index (χ4n) is 1.96. The van der Waals surface area contributed by atoms with Gasteiger partial charge in [0, 0.05) is 22.3 Å². The highest BCUT2D eigenvalue weighted by molar-refractivity contribution is 9.10. The number of hydrogen-bond donors (Lipinski definition) is 2. The first-order valence-electron chi connectivity index (χ1n) is 6.40. The molecule has 0 aromatic heterocycles. The van der Waals surface area contributed by atoms with Crippen LogP contribution in [0.25, 0.3) is 0 Å². The molecule has 0 aliphatic heterocycles. The van der Waals surface area contributed by atoms with E-state index in [1.807, 2.05) is 19.4 Å². The van der Waals surface area contributed by atoms with E-state index >= 15 is 0 Å². The molecule has 1 saturated carbocycles. The zero-order chi connectivity index (χ0) is 14.8. The van der Waals surface area contributed by atoms with Crippen molar-refractivity contribution in [2.24, 2.45) is 0 Å². The molecule has 2 N–H and O–H groups in total. The number of sulfonamides is 1. The van der Waals surface area contributed by atoms with Crippen LogP contribution in [0.5, 0.6) is 0 Å². The number of hydrogen-bond acceptors (Lipinski definition) is 4. The van der Waals surface area contributed by atoms with Gasteiger partial charge in [0.25, 0.3) is 0 Å². The average Bonchev–Trinajstić information content (AvgIpc) is 3.20. The molecule has 7 heteroatoms. The van der Waals surface area contributed by atoms with Gasteiger partial charge < -0.3 is 5.32 Å². The molecular formula is C13H19BrN2O2S2. The summed E-state index contributed by atoms with van der Waals surface area (Å²) in [5, 5.41) is 3.02. The first kappa shape index (κ1) is 16.3. The molecule has 0 spiro atoms. The number of rotatable bonds is 7. The van der Waals surface area contributed by atoms with E-state index in [4.69, 9.17) is 0 Å². The van der Waals surface area contributed by atoms with Gasteiger partial charge in [0.15, 0.2) is 0 Å². The minimum absolute atomic E-state index is 0.113. The van der Waals surface area contributed by atoms with Crippen molar-refractivity contribution in [3.8, 4) is 0 Å². The second-order valence-electron chi connectivity index (χ2n) is 5.01. The molecule has 112 valence electrons. The van der Waals surface area contributed by atoms with Crippen LogP contribution in [-0.4, -0.2) is 33.0 Å². The summed E-state index contributed by atoms with van der Waals surface area (Å²) in [6.45, 7) is 1.14. The predicted molar refractivity (Wildman–Crippen MR) is 87.6 cm³/mol. The Hall–Kier alpha value is -0.0800. The maximum Gasteiger partial charge on any atom is 0.241 e. The normalized spacial score (nSPS) is 17.1. The molecule has 1 fully saturated rings. The summed E-state index contributed by atoms with van der Waals surface area (Å²) in [4.78, 5) is 0.308. The van der Waals surface area contributed by atoms with Crippen LogP contribution in [-0.2, 0) is 16.6 Å². The van der Waals surface area contributed by atoms with Crippen LogP contribution >= 0.6 is 27.7 Å². The quantitative estimate of drug-likeness (QED) is 0.764. The third-order valence-corrected chi connectivity index (χ3v) is 7.30. The molecule has 1 aliphatic rings. The van der Waals surface area contributed by atoms with Crippen molar-refractivity contribution in [1.29, 1.82) is 0 Å². The molecule has 1 aliphatic carbocycles. The second kappa shape index (κ2) is 6.36. The van der Waals surface area contributed by atoms with Crippen molar-refractivity contribution in [3.05, 3.63) is 28.2 Å². The van der Waals surface area contributed by atoms with Gasteiger partial charge in [-0.1, -0.05) is 6.07 Å². The van der Waals surface area contributed by atoms with E-state index in [1.54, 1.807) is 23.9 Å². The average molecular weight is 379 g/mol. The minimum Gasteiger partial charge on any atom is -0.316 e. The van der Waals surface area contributed by atoms with E-state index in [2.05, 4.69) is 26.0 Å². The van der Waals surface area contributed by atoms with Crippen molar-refractivity contribution < 1.29 is 8.42 Å². The van der Waals surface area contributed by atoms with Gasteiger partial charge in [0.2, 0.25) is 10.0 Å². The predicted octanol–water partition coefficient (Wildman–Crippen LogP) is 2.34. The highest BCUT2D eigenvalue weighted by Crippen LogP contribution is 2.46. The Balaban J connectivity index is 2.17. The fraction of sp³-hybridized carbons (Fsp3) is 0.538. The van der Waals surface area contributed by atoms with Crippen LogP contribution in [0.15, 0.2) is 27.6 Å². The van der Waals surface area contributed by atoms with Gasteiger partial charge in [-0.15, -0.1) is 0 Å². The third kappa shape index (κ3) is 3.76. The number of nitrogens with one attached hydrogen (secondary N) is 2. The molecule has 0 unspecified atom stereocenters. The minimum atomic E-state index is -3.47. The Morgan fingerprint density at radius 2 is 2.10 bits per heavy atom. The molecular weight excluding hydrogens is 360 g/mol. The smallest absolute Gasteiger partial charge is 0.241 e. The van der Waals surface area contributed by atoms with E-state index in [0.29, 0.717) is 22.5 Å². The molecule has 20 heavy (non-hydrogen) atoms. The van der Waals surface area contributed by atoms with Crippen molar-refractivity contribution in [2.45, 2.75) is 29.0 Å². The highest BCUT2D eigenvalue weighted by atomic mass is 79.9. The summed E-state index contributed by atoms with van der Waals surface area (Å²) >= 11 is 5.07.